The fraction of sp³-hybridized carbons (Fsp3) is 0.609. The van der Waals surface area contributed by atoms with Gasteiger partial charge in [-0.05, 0) is 62.9 Å². The molecule has 3 aliphatic rings. The van der Waals surface area contributed by atoms with Crippen molar-refractivity contribution >= 4 is 28.8 Å². The third-order valence-corrected chi connectivity index (χ3v) is 7.26. The van der Waals surface area contributed by atoms with E-state index in [0.29, 0.717) is 18.6 Å². The molecule has 1 aliphatic carbocycles. The number of fused-ring (bicyclic) bond motifs is 3. The van der Waals surface area contributed by atoms with E-state index in [1.165, 1.54) is 36.9 Å². The van der Waals surface area contributed by atoms with Crippen molar-refractivity contribution in [2.45, 2.75) is 57.0 Å². The number of rotatable bonds is 4. The lowest BCUT2D eigenvalue weighted by Gasteiger charge is -2.29. The highest BCUT2D eigenvalue weighted by atomic mass is 35.5. The van der Waals surface area contributed by atoms with Crippen LogP contribution in [0.25, 0.3) is 5.57 Å². The van der Waals surface area contributed by atoms with Crippen molar-refractivity contribution in [2.24, 2.45) is 5.92 Å². The molecule has 1 saturated heterocycles. The second-order valence-electron chi connectivity index (χ2n) is 8.65. The van der Waals surface area contributed by atoms with Gasteiger partial charge in [-0.1, -0.05) is 31.0 Å². The van der Waals surface area contributed by atoms with Crippen LogP contribution in [0, 0.1) is 5.92 Å². The van der Waals surface area contributed by atoms with Crippen LogP contribution >= 0.6 is 11.6 Å². The van der Waals surface area contributed by atoms with Crippen molar-refractivity contribution in [3.8, 4) is 0 Å². The van der Waals surface area contributed by atoms with E-state index in [1.54, 1.807) is 0 Å². The van der Waals surface area contributed by atoms with Crippen molar-refractivity contribution in [2.75, 3.05) is 31.6 Å². The van der Waals surface area contributed by atoms with Crippen LogP contribution in [0.15, 0.2) is 24.8 Å². The van der Waals surface area contributed by atoms with Gasteiger partial charge in [0.2, 0.25) is 5.91 Å². The zero-order valence-corrected chi connectivity index (χ0v) is 17.7. The predicted molar refractivity (Wildman–Crippen MR) is 117 cm³/mol. The van der Waals surface area contributed by atoms with Gasteiger partial charge in [-0.15, -0.1) is 0 Å². The summed E-state index contributed by atoms with van der Waals surface area (Å²) in [5.41, 5.74) is 3.53. The van der Waals surface area contributed by atoms with E-state index in [0.717, 1.165) is 42.9 Å². The Hall–Kier alpha value is -1.52. The normalized spacial score (nSPS) is 25.9. The minimum atomic E-state index is 0.228. The maximum Gasteiger partial charge on any atom is 0.223 e. The molecule has 2 aliphatic heterocycles. The molecule has 2 heterocycles. The van der Waals surface area contributed by atoms with E-state index in [9.17, 15) is 4.79 Å². The highest BCUT2D eigenvalue weighted by Crippen LogP contribution is 2.39. The van der Waals surface area contributed by atoms with Gasteiger partial charge in [0.1, 0.15) is 0 Å². The zero-order valence-electron chi connectivity index (χ0n) is 16.9. The summed E-state index contributed by atoms with van der Waals surface area (Å²) in [7, 11) is 2.23. The second-order valence-corrected chi connectivity index (χ2v) is 9.08. The van der Waals surface area contributed by atoms with Gasteiger partial charge in [0, 0.05) is 53.9 Å². The monoisotopic (exact) mass is 401 g/mol. The summed E-state index contributed by atoms with van der Waals surface area (Å²) in [5.74, 6) is 0.465. The molecule has 2 fully saturated rings. The number of halogens is 1. The molecule has 152 valence electrons. The summed E-state index contributed by atoms with van der Waals surface area (Å²) in [6.07, 6.45) is 8.01. The molecule has 1 amide bonds. The van der Waals surface area contributed by atoms with Crippen LogP contribution in [-0.4, -0.2) is 49.6 Å². The first-order valence-electron chi connectivity index (χ1n) is 10.8. The summed E-state index contributed by atoms with van der Waals surface area (Å²) >= 11 is 6.35. The molecule has 2 unspecified atom stereocenters. The fourth-order valence-electron chi connectivity index (χ4n) is 5.30. The molecule has 5 heteroatoms. The van der Waals surface area contributed by atoms with Crippen LogP contribution in [0.4, 0.5) is 5.69 Å². The second kappa shape index (κ2) is 8.46. The topological polar surface area (TPSA) is 35.6 Å². The molecule has 1 aromatic rings. The average molecular weight is 402 g/mol. The van der Waals surface area contributed by atoms with E-state index >= 15 is 0 Å². The number of amides is 1. The van der Waals surface area contributed by atoms with Crippen LogP contribution in [0.5, 0.6) is 0 Å². The Morgan fingerprint density at radius 2 is 2.00 bits per heavy atom. The number of carbonyl (C=O) groups excluding carboxylic acids is 1. The van der Waals surface area contributed by atoms with Crippen LogP contribution in [-0.2, 0) is 4.79 Å². The van der Waals surface area contributed by atoms with Crippen molar-refractivity contribution in [3.05, 3.63) is 35.4 Å². The first kappa shape index (κ1) is 19.8. The Morgan fingerprint density at radius 3 is 2.79 bits per heavy atom. The molecule has 2 atom stereocenters. The number of nitrogens with one attached hydrogen (secondary N) is 1. The maximum absolute atomic E-state index is 12.4. The average Bonchev–Trinajstić information content (AvgIpc) is 3.34. The summed E-state index contributed by atoms with van der Waals surface area (Å²) in [4.78, 5) is 17.3. The lowest BCUT2D eigenvalue weighted by Crippen LogP contribution is -2.39. The third-order valence-electron chi connectivity index (χ3n) is 7.03. The molecule has 0 radical (unpaired) electrons. The minimum Gasteiger partial charge on any atom is -0.369 e. The standard InChI is InChI=1S/C23H32ClN3O/c1-16-20-15-18(24)7-9-22(20)27(13-11-19-8-10-21(16)26(19)2)14-12-25-23(28)17-5-3-4-6-17/h7,9,15,17,19,21H,1,3-6,8,10-14H2,2H3,(H,25,28). The summed E-state index contributed by atoms with van der Waals surface area (Å²) in [6, 6.07) is 7.15. The van der Waals surface area contributed by atoms with E-state index in [4.69, 9.17) is 11.6 Å². The minimum absolute atomic E-state index is 0.228. The number of likely N-dealkylation sites (N-methyl/N-ethyl adjacent to an activating group) is 1. The van der Waals surface area contributed by atoms with Gasteiger partial charge in [-0.25, -0.2) is 0 Å². The molecule has 1 saturated carbocycles. The molecule has 1 N–H and O–H groups in total. The zero-order chi connectivity index (χ0) is 19.7. The summed E-state index contributed by atoms with van der Waals surface area (Å²) in [6.45, 7) is 6.97. The van der Waals surface area contributed by atoms with Crippen LogP contribution in [0.2, 0.25) is 5.02 Å². The number of nitrogens with zero attached hydrogens (tertiary/aromatic N) is 2. The molecule has 0 aromatic heterocycles. The first-order valence-corrected chi connectivity index (χ1v) is 11.2. The highest BCUT2D eigenvalue weighted by Gasteiger charge is 2.35. The van der Waals surface area contributed by atoms with Gasteiger partial charge in [0.05, 0.1) is 0 Å². The molecule has 4 nitrogen and oxygen atoms in total. The first-order chi connectivity index (χ1) is 13.5. The van der Waals surface area contributed by atoms with Crippen molar-refractivity contribution in [1.82, 2.24) is 10.2 Å². The van der Waals surface area contributed by atoms with E-state index in [-0.39, 0.29) is 11.8 Å². The van der Waals surface area contributed by atoms with E-state index < -0.39 is 0 Å². The SMILES string of the molecule is C=C1c2cc(Cl)ccc2N(CCNC(=O)C2CCCC2)CCC2CCC1N2C. The molecular formula is C23H32ClN3O. The highest BCUT2D eigenvalue weighted by molar-refractivity contribution is 6.30. The molecule has 1 aromatic carbocycles. The maximum atomic E-state index is 12.4. The van der Waals surface area contributed by atoms with Crippen molar-refractivity contribution < 1.29 is 4.79 Å². The lowest BCUT2D eigenvalue weighted by atomic mass is 9.95. The largest absolute Gasteiger partial charge is 0.369 e. The van der Waals surface area contributed by atoms with Gasteiger partial charge >= 0.3 is 0 Å². The third kappa shape index (κ3) is 3.95. The van der Waals surface area contributed by atoms with Crippen molar-refractivity contribution in [3.63, 3.8) is 0 Å². The smallest absolute Gasteiger partial charge is 0.223 e. The number of carbonyl (C=O) groups is 1. The van der Waals surface area contributed by atoms with Gasteiger partial charge < -0.3 is 10.2 Å². The Labute approximate surface area is 173 Å². The van der Waals surface area contributed by atoms with Gasteiger partial charge in [0.15, 0.2) is 0 Å². The van der Waals surface area contributed by atoms with Crippen molar-refractivity contribution in [1.29, 1.82) is 0 Å². The molecule has 0 spiro atoms. The molecule has 4 rings (SSSR count). The van der Waals surface area contributed by atoms with Crippen LogP contribution < -0.4 is 10.2 Å². The Morgan fingerprint density at radius 1 is 1.21 bits per heavy atom. The molecular weight excluding hydrogens is 370 g/mol. The van der Waals surface area contributed by atoms with Gasteiger partial charge in [-0.3, -0.25) is 9.69 Å². The van der Waals surface area contributed by atoms with E-state index in [1.807, 2.05) is 6.07 Å². The Kier molecular flexibility index (Phi) is 5.98. The fourth-order valence-corrected chi connectivity index (χ4v) is 5.48. The Bertz CT molecular complexity index is 743. The number of hydrogen-bond donors (Lipinski definition) is 1. The Balaban J connectivity index is 1.51. The molecule has 28 heavy (non-hydrogen) atoms. The van der Waals surface area contributed by atoms with Crippen LogP contribution in [0.1, 0.15) is 50.5 Å². The number of hydrogen-bond acceptors (Lipinski definition) is 3. The summed E-state index contributed by atoms with van der Waals surface area (Å²) < 4.78 is 0. The van der Waals surface area contributed by atoms with E-state index in [2.05, 4.69) is 40.9 Å². The lowest BCUT2D eigenvalue weighted by molar-refractivity contribution is -0.124. The quantitative estimate of drug-likeness (QED) is 0.815. The number of anilines is 1. The molecule has 2 bridgehead atoms. The van der Waals surface area contributed by atoms with Gasteiger partial charge in [-0.2, -0.15) is 0 Å². The number of benzene rings is 1. The van der Waals surface area contributed by atoms with Crippen LogP contribution in [0.3, 0.4) is 0 Å². The predicted octanol–water partition coefficient (Wildman–Crippen LogP) is 4.33. The summed E-state index contributed by atoms with van der Waals surface area (Å²) in [5, 5.41) is 3.94. The van der Waals surface area contributed by atoms with Gasteiger partial charge in [0.25, 0.3) is 0 Å².